The van der Waals surface area contributed by atoms with E-state index >= 15 is 0 Å². The van der Waals surface area contributed by atoms with Crippen LogP contribution in [0.4, 0.5) is 0 Å². The first-order valence-electron chi connectivity index (χ1n) is 9.30. The summed E-state index contributed by atoms with van der Waals surface area (Å²) in [5.41, 5.74) is 0. The molecule has 4 unspecified atom stereocenters. The number of nitrogens with one attached hydrogen (secondary N) is 2. The van der Waals surface area contributed by atoms with E-state index in [0.717, 1.165) is 0 Å². The first-order chi connectivity index (χ1) is 14.9. The molecular weight excluding hydrogens is 425 g/mol. The third-order valence-corrected chi connectivity index (χ3v) is 5.32. The molecule has 0 saturated carbocycles. The van der Waals surface area contributed by atoms with E-state index in [-0.39, 0.29) is 25.2 Å². The lowest BCUT2D eigenvalue weighted by molar-refractivity contribution is -0.135. The Balaban J connectivity index is 1.93. The second-order valence-corrected chi connectivity index (χ2v) is 7.72. The second kappa shape index (κ2) is 12.7. The quantitative estimate of drug-likeness (QED) is 0.186. The van der Waals surface area contributed by atoms with Crippen LogP contribution >= 0.6 is 8.53 Å². The lowest BCUT2D eigenvalue weighted by Gasteiger charge is -2.25. The summed E-state index contributed by atoms with van der Waals surface area (Å²) in [5.74, 6) is 1.35. The van der Waals surface area contributed by atoms with Crippen LogP contribution in [0, 0.1) is 18.3 Å². The molecule has 1 aromatic carbocycles. The van der Waals surface area contributed by atoms with Crippen molar-refractivity contribution in [2.24, 2.45) is 5.92 Å². The highest BCUT2D eigenvalue weighted by Gasteiger charge is 2.36. The van der Waals surface area contributed by atoms with Crippen molar-refractivity contribution in [3.05, 3.63) is 42.6 Å². The number of aliphatic carboxylic acids is 1. The Morgan fingerprint density at radius 2 is 2.16 bits per heavy atom. The van der Waals surface area contributed by atoms with Gasteiger partial charge in [-0.2, -0.15) is 0 Å². The standard InChI is InChI=1S/C20H24N3O7P/c1-3-15-11-17(29-20(15)23(2)10-9-18(25)21-14-24)13-28-31(22-12-19(26)27)30-16-7-5-4-6-8-16/h1,4-10,14-15,17,20,22H,11-13H2,2H3,(H,26,27)(H,21,24,25)/b10-9-. The molecule has 2 rings (SSSR count). The van der Waals surface area contributed by atoms with Crippen molar-refractivity contribution in [2.45, 2.75) is 18.8 Å². The molecule has 1 aliphatic rings. The second-order valence-electron chi connectivity index (χ2n) is 6.45. The van der Waals surface area contributed by atoms with Gasteiger partial charge in [-0.1, -0.05) is 24.1 Å². The number of amides is 2. The Kier molecular flexibility index (Phi) is 9.94. The van der Waals surface area contributed by atoms with Gasteiger partial charge in [-0.05, 0) is 18.6 Å². The molecule has 1 aromatic rings. The van der Waals surface area contributed by atoms with Gasteiger partial charge in [0.2, 0.25) is 6.41 Å². The summed E-state index contributed by atoms with van der Waals surface area (Å²) in [5, 5.41) is 13.7. The summed E-state index contributed by atoms with van der Waals surface area (Å²) >= 11 is 0. The molecule has 0 aromatic heterocycles. The van der Waals surface area contributed by atoms with Crippen LogP contribution in [-0.4, -0.2) is 60.8 Å². The molecule has 4 atom stereocenters. The molecule has 3 N–H and O–H groups in total. The van der Waals surface area contributed by atoms with Crippen molar-refractivity contribution in [1.82, 2.24) is 15.3 Å². The predicted molar refractivity (Wildman–Crippen MR) is 112 cm³/mol. The molecule has 0 radical (unpaired) electrons. The molecule has 0 bridgehead atoms. The van der Waals surface area contributed by atoms with E-state index in [2.05, 4.69) is 11.0 Å². The normalized spacial score (nSPS) is 21.2. The highest BCUT2D eigenvalue weighted by atomic mass is 31.2. The summed E-state index contributed by atoms with van der Waals surface area (Å²) in [4.78, 5) is 34.2. The number of carboxylic acid groups (broad SMARTS) is 1. The van der Waals surface area contributed by atoms with Gasteiger partial charge in [-0.3, -0.25) is 19.7 Å². The highest BCUT2D eigenvalue weighted by Crippen LogP contribution is 2.37. The predicted octanol–water partition coefficient (Wildman–Crippen LogP) is 1.07. The van der Waals surface area contributed by atoms with Crippen molar-refractivity contribution in [3.8, 4) is 18.1 Å². The molecule has 1 aliphatic heterocycles. The molecule has 1 fully saturated rings. The van der Waals surface area contributed by atoms with Crippen molar-refractivity contribution in [2.75, 3.05) is 20.2 Å². The fourth-order valence-electron chi connectivity index (χ4n) is 2.73. The average Bonchev–Trinajstić information content (AvgIpc) is 3.18. The molecule has 2 amide bonds. The number of carboxylic acids is 1. The average molecular weight is 449 g/mol. The van der Waals surface area contributed by atoms with Gasteiger partial charge in [0.05, 0.1) is 18.6 Å². The Labute approximate surface area is 181 Å². The SMILES string of the molecule is C#CC1CC(COP(NCC(=O)O)Oc2ccccc2)OC1N(C)/C=C\C(=O)NC=O. The number of nitrogens with zero attached hydrogens (tertiary/aromatic N) is 1. The van der Waals surface area contributed by atoms with Crippen LogP contribution in [-0.2, 0) is 23.6 Å². The number of hydrogen-bond acceptors (Lipinski definition) is 8. The van der Waals surface area contributed by atoms with E-state index < -0.39 is 26.6 Å². The molecule has 0 aliphatic carbocycles. The number of imide groups is 1. The first-order valence-corrected chi connectivity index (χ1v) is 10.5. The zero-order chi connectivity index (χ0) is 22.6. The van der Waals surface area contributed by atoms with Gasteiger partial charge in [-0.15, -0.1) is 6.42 Å². The fourth-order valence-corrected chi connectivity index (χ4v) is 3.81. The van der Waals surface area contributed by atoms with Crippen molar-refractivity contribution in [1.29, 1.82) is 0 Å². The topological polar surface area (TPSA) is 126 Å². The van der Waals surface area contributed by atoms with E-state index in [0.29, 0.717) is 18.6 Å². The summed E-state index contributed by atoms with van der Waals surface area (Å²) in [6, 6.07) is 8.89. The number of benzene rings is 1. The lowest BCUT2D eigenvalue weighted by Crippen LogP contribution is -2.33. The monoisotopic (exact) mass is 449 g/mol. The maximum absolute atomic E-state index is 11.4. The maximum Gasteiger partial charge on any atom is 0.318 e. The highest BCUT2D eigenvalue weighted by molar-refractivity contribution is 7.45. The third kappa shape index (κ3) is 8.36. The Morgan fingerprint density at radius 1 is 1.42 bits per heavy atom. The van der Waals surface area contributed by atoms with Gasteiger partial charge in [0.1, 0.15) is 18.5 Å². The molecule has 0 spiro atoms. The Morgan fingerprint density at radius 3 is 2.81 bits per heavy atom. The fraction of sp³-hybridized carbons (Fsp3) is 0.350. The first kappa shape index (κ1) is 24.3. The minimum absolute atomic E-state index is 0.128. The van der Waals surface area contributed by atoms with Crippen molar-refractivity contribution in [3.63, 3.8) is 0 Å². The van der Waals surface area contributed by atoms with Gasteiger partial charge >= 0.3 is 14.5 Å². The third-order valence-electron chi connectivity index (χ3n) is 4.14. The Hall–Kier alpha value is -2.96. The van der Waals surface area contributed by atoms with Crippen molar-refractivity contribution < 1.29 is 33.3 Å². The zero-order valence-corrected chi connectivity index (χ0v) is 17.7. The van der Waals surface area contributed by atoms with Crippen molar-refractivity contribution >= 4 is 26.8 Å². The molecule has 1 heterocycles. The summed E-state index contributed by atoms with van der Waals surface area (Å²) in [6.07, 6.45) is 8.23. The van der Waals surface area contributed by atoms with E-state index in [1.54, 1.807) is 36.2 Å². The van der Waals surface area contributed by atoms with Gasteiger partial charge in [0, 0.05) is 19.3 Å². The molecular formula is C20H24N3O7P. The number of ether oxygens (including phenoxy) is 1. The Bertz CT molecular complexity index is 815. The number of rotatable bonds is 12. The molecule has 11 heteroatoms. The maximum atomic E-state index is 11.4. The van der Waals surface area contributed by atoms with Gasteiger partial charge < -0.3 is 23.8 Å². The van der Waals surface area contributed by atoms with Gasteiger partial charge in [-0.25, -0.2) is 5.09 Å². The van der Waals surface area contributed by atoms with Gasteiger partial charge in [0.15, 0.2) is 0 Å². The lowest BCUT2D eigenvalue weighted by atomic mass is 10.0. The van der Waals surface area contributed by atoms with Crippen LogP contribution in [0.5, 0.6) is 5.75 Å². The van der Waals surface area contributed by atoms with E-state index in [1.165, 1.54) is 12.3 Å². The van der Waals surface area contributed by atoms with E-state index in [9.17, 15) is 14.4 Å². The van der Waals surface area contributed by atoms with Crippen LogP contribution in [0.3, 0.4) is 0 Å². The largest absolute Gasteiger partial charge is 0.480 e. The summed E-state index contributed by atoms with van der Waals surface area (Å²) in [7, 11) is -0.0323. The zero-order valence-electron chi connectivity index (χ0n) is 16.8. The smallest absolute Gasteiger partial charge is 0.318 e. The van der Waals surface area contributed by atoms with Crippen LogP contribution < -0.4 is 14.9 Å². The van der Waals surface area contributed by atoms with Crippen LogP contribution in [0.1, 0.15) is 6.42 Å². The number of carbonyl (C=O) groups is 3. The molecule has 10 nitrogen and oxygen atoms in total. The van der Waals surface area contributed by atoms with Gasteiger partial charge in [0.25, 0.3) is 5.91 Å². The minimum Gasteiger partial charge on any atom is -0.480 e. The molecule has 1 saturated heterocycles. The molecule has 166 valence electrons. The number of hydrogen-bond donors (Lipinski definition) is 3. The van der Waals surface area contributed by atoms with Crippen LogP contribution in [0.15, 0.2) is 42.6 Å². The summed E-state index contributed by atoms with van der Waals surface area (Å²) < 4.78 is 17.4. The number of terminal acetylenes is 1. The molecule has 31 heavy (non-hydrogen) atoms. The van der Waals surface area contributed by atoms with E-state index in [4.69, 9.17) is 25.3 Å². The van der Waals surface area contributed by atoms with Crippen LogP contribution in [0.2, 0.25) is 0 Å². The number of carbonyl (C=O) groups excluding carboxylic acids is 2. The minimum atomic E-state index is -1.73. The van der Waals surface area contributed by atoms with Crippen LogP contribution in [0.25, 0.3) is 0 Å². The van der Waals surface area contributed by atoms with E-state index in [1.807, 2.05) is 11.4 Å². The summed E-state index contributed by atoms with van der Waals surface area (Å²) in [6.45, 7) is -0.195. The number of para-hydroxylation sites is 1.